The van der Waals surface area contributed by atoms with Crippen LogP contribution in [0.2, 0.25) is 0 Å². The summed E-state index contributed by atoms with van der Waals surface area (Å²) in [5, 5.41) is 1.96. The molecule has 1 aromatic carbocycles. The molecule has 0 fully saturated rings. The molecule has 0 saturated carbocycles. The zero-order chi connectivity index (χ0) is 14.8. The highest BCUT2D eigenvalue weighted by atomic mass is 32.1. The quantitative estimate of drug-likeness (QED) is 0.819. The number of fused-ring (bicyclic) bond motifs is 1. The van der Waals surface area contributed by atoms with E-state index in [4.69, 9.17) is 4.74 Å². The summed E-state index contributed by atoms with van der Waals surface area (Å²) in [6.45, 7) is 2.50. The third kappa shape index (κ3) is 2.83. The normalized spacial score (nSPS) is 13.5. The van der Waals surface area contributed by atoms with Gasteiger partial charge in [-0.05, 0) is 36.6 Å². The van der Waals surface area contributed by atoms with Crippen LogP contribution in [0, 0.1) is 0 Å². The van der Waals surface area contributed by atoms with Crippen molar-refractivity contribution in [3.05, 3.63) is 46.2 Å². The molecule has 2 heterocycles. The van der Waals surface area contributed by atoms with Crippen LogP contribution in [0.3, 0.4) is 0 Å². The van der Waals surface area contributed by atoms with Crippen molar-refractivity contribution in [2.45, 2.75) is 13.3 Å². The fraction of sp³-hybridized carbons (Fsp3) is 0.250. The first-order chi connectivity index (χ1) is 10.1. The van der Waals surface area contributed by atoms with E-state index in [0.29, 0.717) is 36.6 Å². The molecule has 5 heteroatoms. The van der Waals surface area contributed by atoms with Gasteiger partial charge in [0.1, 0.15) is 12.4 Å². The van der Waals surface area contributed by atoms with Crippen molar-refractivity contribution >= 4 is 28.7 Å². The summed E-state index contributed by atoms with van der Waals surface area (Å²) in [4.78, 5) is 26.8. The maximum Gasteiger partial charge on any atom is 0.232 e. The van der Waals surface area contributed by atoms with Crippen molar-refractivity contribution in [2.75, 3.05) is 18.1 Å². The van der Waals surface area contributed by atoms with E-state index < -0.39 is 0 Å². The Kier molecular flexibility index (Phi) is 3.75. The molecular formula is C16H15NO3S. The second kappa shape index (κ2) is 5.69. The molecular weight excluding hydrogens is 286 g/mol. The Morgan fingerprint density at radius 1 is 1.33 bits per heavy atom. The Bertz CT molecular complexity index is 679. The minimum Gasteiger partial charge on any atom is -0.490 e. The largest absolute Gasteiger partial charge is 0.490 e. The number of carbonyl (C=O) groups excluding carboxylic acids is 2. The number of hydrogen-bond donors (Lipinski definition) is 0. The zero-order valence-corrected chi connectivity index (χ0v) is 12.5. The van der Waals surface area contributed by atoms with Crippen molar-refractivity contribution in [1.82, 2.24) is 0 Å². The van der Waals surface area contributed by atoms with Gasteiger partial charge in [0, 0.05) is 10.4 Å². The van der Waals surface area contributed by atoms with Gasteiger partial charge < -0.3 is 9.64 Å². The monoisotopic (exact) mass is 301 g/mol. The van der Waals surface area contributed by atoms with Crippen LogP contribution in [-0.2, 0) is 11.2 Å². The molecule has 1 aromatic heterocycles. The molecule has 0 spiro atoms. The number of ketones is 1. The number of carbonyl (C=O) groups is 2. The van der Waals surface area contributed by atoms with Crippen LogP contribution in [0.5, 0.6) is 5.75 Å². The lowest BCUT2D eigenvalue weighted by molar-refractivity contribution is -0.118. The van der Waals surface area contributed by atoms with Crippen molar-refractivity contribution < 1.29 is 14.3 Å². The lowest BCUT2D eigenvalue weighted by atomic mass is 10.1. The zero-order valence-electron chi connectivity index (χ0n) is 11.7. The minimum atomic E-state index is -0.0194. The fourth-order valence-corrected chi connectivity index (χ4v) is 3.05. The summed E-state index contributed by atoms with van der Waals surface area (Å²) in [5.41, 5.74) is 1.28. The predicted octanol–water partition coefficient (Wildman–Crippen LogP) is 2.92. The summed E-state index contributed by atoms with van der Waals surface area (Å²) in [6.07, 6.45) is 0.376. The van der Waals surface area contributed by atoms with Crippen molar-refractivity contribution in [2.24, 2.45) is 0 Å². The molecule has 0 saturated heterocycles. The molecule has 1 aliphatic rings. The fourth-order valence-electron chi connectivity index (χ4n) is 2.35. The molecule has 0 bridgehead atoms. The summed E-state index contributed by atoms with van der Waals surface area (Å²) < 4.78 is 5.57. The Balaban J connectivity index is 1.90. The average Bonchev–Trinajstić information content (AvgIpc) is 2.98. The van der Waals surface area contributed by atoms with Gasteiger partial charge in [-0.15, -0.1) is 11.3 Å². The van der Waals surface area contributed by atoms with Gasteiger partial charge in [0.2, 0.25) is 5.91 Å². The highest BCUT2D eigenvalue weighted by molar-refractivity contribution is 7.10. The van der Waals surface area contributed by atoms with Crippen LogP contribution in [0.4, 0.5) is 5.69 Å². The topological polar surface area (TPSA) is 46.6 Å². The predicted molar refractivity (Wildman–Crippen MR) is 82.3 cm³/mol. The van der Waals surface area contributed by atoms with Gasteiger partial charge in [-0.1, -0.05) is 6.07 Å². The Morgan fingerprint density at radius 3 is 2.90 bits per heavy atom. The summed E-state index contributed by atoms with van der Waals surface area (Å²) in [7, 11) is 0. The van der Waals surface area contributed by atoms with E-state index in [1.165, 1.54) is 6.92 Å². The summed E-state index contributed by atoms with van der Waals surface area (Å²) in [6, 6.07) is 9.12. The van der Waals surface area contributed by atoms with Crippen LogP contribution in [0.25, 0.3) is 0 Å². The number of hydrogen-bond acceptors (Lipinski definition) is 4. The van der Waals surface area contributed by atoms with Gasteiger partial charge in [-0.2, -0.15) is 0 Å². The third-order valence-corrected chi connectivity index (χ3v) is 4.31. The van der Waals surface area contributed by atoms with Gasteiger partial charge >= 0.3 is 0 Å². The molecule has 108 valence electrons. The Labute approximate surface area is 127 Å². The number of ether oxygens (including phenoxy) is 1. The average molecular weight is 301 g/mol. The maximum atomic E-state index is 12.5. The molecule has 2 aromatic rings. The Morgan fingerprint density at radius 2 is 2.19 bits per heavy atom. The number of thiophene rings is 1. The summed E-state index contributed by atoms with van der Waals surface area (Å²) >= 11 is 1.57. The van der Waals surface area contributed by atoms with E-state index in [1.54, 1.807) is 34.4 Å². The first kappa shape index (κ1) is 13.8. The molecule has 0 aliphatic carbocycles. The highest BCUT2D eigenvalue weighted by Crippen LogP contribution is 2.33. The van der Waals surface area contributed by atoms with Crippen molar-refractivity contribution in [3.8, 4) is 5.75 Å². The smallest absolute Gasteiger partial charge is 0.232 e. The number of nitrogens with zero attached hydrogens (tertiary/aromatic N) is 1. The summed E-state index contributed by atoms with van der Waals surface area (Å²) in [5.74, 6) is 0.669. The van der Waals surface area contributed by atoms with Gasteiger partial charge in [0.25, 0.3) is 0 Å². The van der Waals surface area contributed by atoms with Crippen LogP contribution >= 0.6 is 11.3 Å². The van der Waals surface area contributed by atoms with E-state index >= 15 is 0 Å². The van der Waals surface area contributed by atoms with Gasteiger partial charge in [-0.25, -0.2) is 0 Å². The number of benzene rings is 1. The molecule has 0 unspecified atom stereocenters. The lowest BCUT2D eigenvalue weighted by Crippen LogP contribution is -2.38. The SMILES string of the molecule is CC(=O)c1ccc2c(c1)N(C(=O)Cc1cccs1)CCO2. The first-order valence-electron chi connectivity index (χ1n) is 6.75. The van der Waals surface area contributed by atoms with Crippen molar-refractivity contribution in [1.29, 1.82) is 0 Å². The highest BCUT2D eigenvalue weighted by Gasteiger charge is 2.24. The third-order valence-electron chi connectivity index (χ3n) is 3.44. The molecule has 0 radical (unpaired) electrons. The molecule has 21 heavy (non-hydrogen) atoms. The lowest BCUT2D eigenvalue weighted by Gasteiger charge is -2.29. The molecule has 1 amide bonds. The van der Waals surface area contributed by atoms with E-state index in [9.17, 15) is 9.59 Å². The van der Waals surface area contributed by atoms with Crippen LogP contribution in [-0.4, -0.2) is 24.8 Å². The van der Waals surface area contributed by atoms with E-state index in [1.807, 2.05) is 17.5 Å². The second-order valence-electron chi connectivity index (χ2n) is 4.89. The van der Waals surface area contributed by atoms with Crippen LogP contribution in [0.1, 0.15) is 22.2 Å². The molecule has 0 atom stereocenters. The number of anilines is 1. The number of rotatable bonds is 3. The van der Waals surface area contributed by atoms with Gasteiger partial charge in [0.15, 0.2) is 5.78 Å². The molecule has 1 aliphatic heterocycles. The van der Waals surface area contributed by atoms with Crippen LogP contribution < -0.4 is 9.64 Å². The van der Waals surface area contributed by atoms with E-state index in [-0.39, 0.29) is 11.7 Å². The molecule has 0 N–H and O–H groups in total. The van der Waals surface area contributed by atoms with Gasteiger partial charge in [-0.3, -0.25) is 9.59 Å². The minimum absolute atomic E-state index is 0.0194. The number of Topliss-reactive ketones (excluding diaryl/α,β-unsaturated/α-hetero) is 1. The van der Waals surface area contributed by atoms with E-state index in [0.717, 1.165) is 4.88 Å². The second-order valence-corrected chi connectivity index (χ2v) is 5.92. The van der Waals surface area contributed by atoms with Gasteiger partial charge in [0.05, 0.1) is 18.7 Å². The number of amides is 1. The first-order valence-corrected chi connectivity index (χ1v) is 7.63. The molecule has 3 rings (SSSR count). The van der Waals surface area contributed by atoms with E-state index in [2.05, 4.69) is 0 Å². The Hall–Kier alpha value is -2.14. The van der Waals surface area contributed by atoms with Crippen LogP contribution in [0.15, 0.2) is 35.7 Å². The standard InChI is InChI=1S/C16H15NO3S/c1-11(18)12-4-5-15-14(9-12)17(6-7-20-15)16(19)10-13-3-2-8-21-13/h2-5,8-9H,6-7,10H2,1H3. The molecule has 4 nitrogen and oxygen atoms in total. The maximum absolute atomic E-state index is 12.5. The van der Waals surface area contributed by atoms with Crippen molar-refractivity contribution in [3.63, 3.8) is 0 Å².